The standard InChI is InChI=1S/C58H109NO4/c1-3-5-7-9-11-13-15-17-19-21-22-23-24-25-26-27-28-29-30-31-32-33-34-36-37-39-41-43-45-47-49-51-55(61)53-58(63)59-56(54-60)57(62)52-50-48-46-44-42-40-38-35-20-18-16-14-12-10-8-6-4-2/h20,25-26,35,42,44,50,52,55-57,60-62H,3-19,21-24,27-34,36-41,43,45-49,51,53-54H2,1-2H3,(H,59,63)/b26-25-,35-20+,44-42+,52-50+. The summed E-state index contributed by atoms with van der Waals surface area (Å²) in [4.78, 5) is 12.5. The monoisotopic (exact) mass is 884 g/mol. The molecule has 0 aliphatic rings. The number of rotatable bonds is 51. The van der Waals surface area contributed by atoms with Crippen LogP contribution in [0.3, 0.4) is 0 Å². The van der Waals surface area contributed by atoms with Crippen molar-refractivity contribution < 1.29 is 20.1 Å². The van der Waals surface area contributed by atoms with Gasteiger partial charge in [0.1, 0.15) is 0 Å². The maximum Gasteiger partial charge on any atom is 0.222 e. The first-order valence-electron chi connectivity index (χ1n) is 27.9. The molecule has 0 aliphatic heterocycles. The average Bonchev–Trinajstić information content (AvgIpc) is 3.28. The minimum atomic E-state index is -0.960. The number of allylic oxidation sites excluding steroid dienone is 7. The van der Waals surface area contributed by atoms with Crippen molar-refractivity contribution in [2.24, 2.45) is 0 Å². The number of carbonyl (C=O) groups excluding carboxylic acids is 1. The number of hydrogen-bond donors (Lipinski definition) is 4. The van der Waals surface area contributed by atoms with Crippen LogP contribution in [0.25, 0.3) is 0 Å². The molecule has 5 heteroatoms. The van der Waals surface area contributed by atoms with E-state index in [4.69, 9.17) is 0 Å². The molecule has 0 aliphatic carbocycles. The summed E-state index contributed by atoms with van der Waals surface area (Å²) < 4.78 is 0. The third-order valence-corrected chi connectivity index (χ3v) is 12.8. The fourth-order valence-corrected chi connectivity index (χ4v) is 8.55. The second-order valence-corrected chi connectivity index (χ2v) is 19.2. The van der Waals surface area contributed by atoms with Crippen molar-refractivity contribution in [3.05, 3.63) is 48.6 Å². The Bertz CT molecular complexity index is 1020. The molecular formula is C58H109NO4. The molecule has 0 heterocycles. The molecule has 0 bridgehead atoms. The Morgan fingerprint density at radius 1 is 0.397 bits per heavy atom. The van der Waals surface area contributed by atoms with Crippen molar-refractivity contribution in [2.75, 3.05) is 6.61 Å². The Hall–Kier alpha value is -1.69. The summed E-state index contributed by atoms with van der Waals surface area (Å²) in [5.74, 6) is -0.327. The number of amides is 1. The molecule has 0 saturated heterocycles. The number of aliphatic hydroxyl groups excluding tert-OH is 3. The van der Waals surface area contributed by atoms with E-state index in [-0.39, 0.29) is 18.9 Å². The largest absolute Gasteiger partial charge is 0.394 e. The molecule has 0 fully saturated rings. The van der Waals surface area contributed by atoms with Gasteiger partial charge in [-0.3, -0.25) is 4.79 Å². The van der Waals surface area contributed by atoms with Crippen molar-refractivity contribution in [1.29, 1.82) is 0 Å². The van der Waals surface area contributed by atoms with E-state index in [1.54, 1.807) is 6.08 Å². The number of nitrogens with one attached hydrogen (secondary N) is 1. The summed E-state index contributed by atoms with van der Waals surface area (Å²) >= 11 is 0. The van der Waals surface area contributed by atoms with Gasteiger partial charge < -0.3 is 20.6 Å². The smallest absolute Gasteiger partial charge is 0.222 e. The topological polar surface area (TPSA) is 89.8 Å². The van der Waals surface area contributed by atoms with Gasteiger partial charge >= 0.3 is 0 Å². The lowest BCUT2D eigenvalue weighted by atomic mass is 10.0. The molecular weight excluding hydrogens is 775 g/mol. The van der Waals surface area contributed by atoms with Crippen molar-refractivity contribution in [2.45, 2.75) is 308 Å². The lowest BCUT2D eigenvalue weighted by Gasteiger charge is -2.21. The highest BCUT2D eigenvalue weighted by Crippen LogP contribution is 2.17. The van der Waals surface area contributed by atoms with E-state index in [1.807, 2.05) is 6.08 Å². The first-order valence-corrected chi connectivity index (χ1v) is 27.9. The fraction of sp³-hybridized carbons (Fsp3) is 0.845. The molecule has 63 heavy (non-hydrogen) atoms. The molecule has 0 rings (SSSR count). The molecule has 4 N–H and O–H groups in total. The molecule has 3 atom stereocenters. The van der Waals surface area contributed by atoms with Gasteiger partial charge in [-0.05, 0) is 70.6 Å². The SMILES string of the molecule is CCCCCCCCC/C=C/CC/C=C/CC/C=C/C(O)C(CO)NC(=O)CC(O)CCCCCCCCCCCCCCCCC/C=C\CCCCCCCCCCCCCC. The van der Waals surface area contributed by atoms with Gasteiger partial charge in [-0.15, -0.1) is 0 Å². The van der Waals surface area contributed by atoms with Crippen LogP contribution < -0.4 is 5.32 Å². The Labute approximate surface area is 393 Å². The molecule has 0 aromatic carbocycles. The molecule has 0 aromatic rings. The number of aliphatic hydroxyl groups is 3. The quantitative estimate of drug-likeness (QED) is 0.0362. The third kappa shape index (κ3) is 49.6. The normalized spacial score (nSPS) is 13.7. The zero-order valence-electron chi connectivity index (χ0n) is 42.2. The van der Waals surface area contributed by atoms with Crippen LogP contribution in [-0.4, -0.2) is 46.1 Å². The lowest BCUT2D eigenvalue weighted by Crippen LogP contribution is -2.45. The van der Waals surface area contributed by atoms with Crippen LogP contribution in [0.5, 0.6) is 0 Å². The van der Waals surface area contributed by atoms with Crippen LogP contribution in [0, 0.1) is 0 Å². The summed E-state index contributed by atoms with van der Waals surface area (Å²) in [6, 6.07) is -0.768. The number of hydrogen-bond acceptors (Lipinski definition) is 4. The molecule has 0 saturated carbocycles. The molecule has 1 amide bonds. The Kier molecular flexibility index (Phi) is 51.5. The highest BCUT2D eigenvalue weighted by Gasteiger charge is 2.20. The van der Waals surface area contributed by atoms with Crippen LogP contribution in [0.2, 0.25) is 0 Å². The summed E-state index contributed by atoms with van der Waals surface area (Å²) in [6.45, 7) is 4.21. The predicted octanol–water partition coefficient (Wildman–Crippen LogP) is 17.2. The molecule has 0 spiro atoms. The summed E-state index contributed by atoms with van der Waals surface area (Å²) in [5, 5.41) is 33.4. The van der Waals surface area contributed by atoms with Gasteiger partial charge in [0.25, 0.3) is 0 Å². The van der Waals surface area contributed by atoms with Crippen LogP contribution in [-0.2, 0) is 4.79 Å². The molecule has 0 radical (unpaired) electrons. The highest BCUT2D eigenvalue weighted by atomic mass is 16.3. The van der Waals surface area contributed by atoms with Crippen molar-refractivity contribution in [3.8, 4) is 0 Å². The van der Waals surface area contributed by atoms with E-state index < -0.39 is 18.2 Å². The Morgan fingerprint density at radius 3 is 1.02 bits per heavy atom. The second kappa shape index (κ2) is 52.9. The van der Waals surface area contributed by atoms with Crippen molar-refractivity contribution in [3.63, 3.8) is 0 Å². The van der Waals surface area contributed by atoms with Crippen LogP contribution in [0.4, 0.5) is 0 Å². The molecule has 5 nitrogen and oxygen atoms in total. The van der Waals surface area contributed by atoms with Crippen LogP contribution in [0.1, 0.15) is 290 Å². The van der Waals surface area contributed by atoms with Gasteiger partial charge in [-0.1, -0.05) is 262 Å². The van der Waals surface area contributed by atoms with Crippen molar-refractivity contribution in [1.82, 2.24) is 5.32 Å². The number of carbonyl (C=O) groups is 1. The average molecular weight is 885 g/mol. The van der Waals surface area contributed by atoms with Gasteiger partial charge in [0.05, 0.1) is 31.3 Å². The van der Waals surface area contributed by atoms with E-state index >= 15 is 0 Å². The van der Waals surface area contributed by atoms with E-state index in [1.165, 1.54) is 225 Å². The molecule has 370 valence electrons. The summed E-state index contributed by atoms with van der Waals surface area (Å²) in [6.07, 6.45) is 70.2. The predicted molar refractivity (Wildman–Crippen MR) is 277 cm³/mol. The zero-order chi connectivity index (χ0) is 45.8. The maximum atomic E-state index is 12.5. The van der Waals surface area contributed by atoms with Crippen LogP contribution >= 0.6 is 0 Å². The van der Waals surface area contributed by atoms with E-state index in [0.717, 1.165) is 38.5 Å². The van der Waals surface area contributed by atoms with E-state index in [9.17, 15) is 20.1 Å². The highest BCUT2D eigenvalue weighted by molar-refractivity contribution is 5.76. The molecule has 0 aromatic heterocycles. The number of unbranched alkanes of at least 4 members (excludes halogenated alkanes) is 36. The van der Waals surface area contributed by atoms with Gasteiger partial charge in [0.2, 0.25) is 5.91 Å². The second-order valence-electron chi connectivity index (χ2n) is 19.2. The van der Waals surface area contributed by atoms with Crippen LogP contribution in [0.15, 0.2) is 48.6 Å². The molecule has 3 unspecified atom stereocenters. The van der Waals surface area contributed by atoms with Gasteiger partial charge in [0.15, 0.2) is 0 Å². The summed E-state index contributed by atoms with van der Waals surface area (Å²) in [5.41, 5.74) is 0. The zero-order valence-corrected chi connectivity index (χ0v) is 42.2. The summed E-state index contributed by atoms with van der Waals surface area (Å²) in [7, 11) is 0. The minimum absolute atomic E-state index is 0.00320. The first kappa shape index (κ1) is 61.3. The van der Waals surface area contributed by atoms with Gasteiger partial charge in [-0.2, -0.15) is 0 Å². The maximum absolute atomic E-state index is 12.5. The first-order chi connectivity index (χ1) is 31.0. The Balaban J connectivity index is 3.57. The lowest BCUT2D eigenvalue weighted by molar-refractivity contribution is -0.124. The van der Waals surface area contributed by atoms with E-state index in [0.29, 0.717) is 6.42 Å². The fourth-order valence-electron chi connectivity index (χ4n) is 8.55. The Morgan fingerprint density at radius 2 is 0.683 bits per heavy atom. The van der Waals surface area contributed by atoms with Crippen molar-refractivity contribution >= 4 is 5.91 Å². The van der Waals surface area contributed by atoms with Gasteiger partial charge in [-0.25, -0.2) is 0 Å². The van der Waals surface area contributed by atoms with E-state index in [2.05, 4.69) is 55.6 Å². The van der Waals surface area contributed by atoms with Gasteiger partial charge in [0, 0.05) is 0 Å². The minimum Gasteiger partial charge on any atom is -0.394 e. The third-order valence-electron chi connectivity index (χ3n) is 12.8.